The van der Waals surface area contributed by atoms with E-state index < -0.39 is 0 Å². The molecule has 0 saturated heterocycles. The molecule has 0 aliphatic heterocycles. The smallest absolute Gasteiger partial charge is 0.180 e. The normalized spacial score (nSPS) is 18.0. The van der Waals surface area contributed by atoms with E-state index >= 15 is 0 Å². The van der Waals surface area contributed by atoms with Gasteiger partial charge in [0.2, 0.25) is 0 Å². The minimum absolute atomic E-state index is 0.0475. The number of hydrogen-bond acceptors (Lipinski definition) is 3. The molecule has 0 heterocycles. The lowest BCUT2D eigenvalue weighted by Crippen LogP contribution is -2.41. The summed E-state index contributed by atoms with van der Waals surface area (Å²) < 4.78 is 5.13. The fourth-order valence-corrected chi connectivity index (χ4v) is 2.98. The van der Waals surface area contributed by atoms with Crippen LogP contribution in [0.1, 0.15) is 42.5 Å². The lowest BCUT2D eigenvalue weighted by atomic mass is 9.81. The zero-order valence-corrected chi connectivity index (χ0v) is 11.8. The SMILES string of the molecule is CNC(C(=O)c1ccc(OC)cc1)C1CCCCC1. The van der Waals surface area contributed by atoms with Gasteiger partial charge in [-0.2, -0.15) is 0 Å². The highest BCUT2D eigenvalue weighted by Crippen LogP contribution is 2.28. The van der Waals surface area contributed by atoms with E-state index in [2.05, 4.69) is 5.32 Å². The van der Waals surface area contributed by atoms with Gasteiger partial charge >= 0.3 is 0 Å². The number of hydrogen-bond donors (Lipinski definition) is 1. The molecule has 19 heavy (non-hydrogen) atoms. The Bertz CT molecular complexity index is 407. The minimum Gasteiger partial charge on any atom is -0.497 e. The summed E-state index contributed by atoms with van der Waals surface area (Å²) >= 11 is 0. The van der Waals surface area contributed by atoms with Crippen molar-refractivity contribution in [3.05, 3.63) is 29.8 Å². The topological polar surface area (TPSA) is 38.3 Å². The van der Waals surface area contributed by atoms with E-state index in [9.17, 15) is 4.79 Å². The molecule has 1 aliphatic rings. The van der Waals surface area contributed by atoms with Crippen LogP contribution in [0.2, 0.25) is 0 Å². The molecule has 1 saturated carbocycles. The Kier molecular flexibility index (Phi) is 4.97. The summed E-state index contributed by atoms with van der Waals surface area (Å²) in [5.41, 5.74) is 0.769. The number of nitrogens with one attached hydrogen (secondary N) is 1. The number of ether oxygens (including phenoxy) is 1. The maximum atomic E-state index is 12.6. The molecule has 0 amide bonds. The molecule has 1 unspecified atom stereocenters. The van der Waals surface area contributed by atoms with Crippen molar-refractivity contribution in [3.8, 4) is 5.75 Å². The van der Waals surface area contributed by atoms with Gasteiger partial charge in [0.25, 0.3) is 0 Å². The Morgan fingerprint density at radius 2 is 1.84 bits per heavy atom. The molecule has 0 aromatic heterocycles. The van der Waals surface area contributed by atoms with E-state index in [-0.39, 0.29) is 11.8 Å². The number of Topliss-reactive ketones (excluding diaryl/α,β-unsaturated/α-hetero) is 1. The van der Waals surface area contributed by atoms with Gasteiger partial charge in [-0.1, -0.05) is 19.3 Å². The standard InChI is InChI=1S/C16H23NO2/c1-17-15(12-6-4-3-5-7-12)16(18)13-8-10-14(19-2)11-9-13/h8-12,15,17H,3-7H2,1-2H3. The maximum absolute atomic E-state index is 12.6. The first-order valence-corrected chi connectivity index (χ1v) is 7.12. The van der Waals surface area contributed by atoms with Gasteiger partial charge in [0, 0.05) is 5.56 Å². The first kappa shape index (κ1) is 14.1. The van der Waals surface area contributed by atoms with Crippen LogP contribution in [-0.2, 0) is 0 Å². The lowest BCUT2D eigenvalue weighted by Gasteiger charge is -2.29. The number of ketones is 1. The van der Waals surface area contributed by atoms with E-state index in [0.717, 1.165) is 24.2 Å². The second-order valence-electron chi connectivity index (χ2n) is 5.26. The van der Waals surface area contributed by atoms with E-state index in [1.165, 1.54) is 19.3 Å². The number of carbonyl (C=O) groups is 1. The molecule has 3 nitrogen and oxygen atoms in total. The predicted molar refractivity (Wildman–Crippen MR) is 76.7 cm³/mol. The molecule has 1 fully saturated rings. The number of likely N-dealkylation sites (N-methyl/N-ethyl adjacent to an activating group) is 1. The summed E-state index contributed by atoms with van der Waals surface area (Å²) in [6.45, 7) is 0. The third-order valence-corrected chi connectivity index (χ3v) is 4.09. The van der Waals surface area contributed by atoms with Crippen molar-refractivity contribution in [2.45, 2.75) is 38.1 Å². The highest BCUT2D eigenvalue weighted by atomic mass is 16.5. The van der Waals surface area contributed by atoms with Crippen LogP contribution in [-0.4, -0.2) is 26.0 Å². The number of rotatable bonds is 5. The quantitative estimate of drug-likeness (QED) is 0.828. The molecule has 1 aromatic rings. The van der Waals surface area contributed by atoms with E-state index in [1.807, 2.05) is 31.3 Å². The predicted octanol–water partition coefficient (Wildman–Crippen LogP) is 3.05. The Balaban J connectivity index is 2.10. The van der Waals surface area contributed by atoms with Gasteiger partial charge in [-0.15, -0.1) is 0 Å². The molecule has 0 bridgehead atoms. The zero-order chi connectivity index (χ0) is 13.7. The largest absolute Gasteiger partial charge is 0.497 e. The molecule has 1 aliphatic carbocycles. The van der Waals surface area contributed by atoms with Crippen molar-refractivity contribution < 1.29 is 9.53 Å². The van der Waals surface area contributed by atoms with E-state index in [1.54, 1.807) is 7.11 Å². The maximum Gasteiger partial charge on any atom is 0.180 e. The van der Waals surface area contributed by atoms with Crippen LogP contribution in [0.5, 0.6) is 5.75 Å². The Morgan fingerprint density at radius 1 is 1.21 bits per heavy atom. The Labute approximate surface area is 115 Å². The van der Waals surface area contributed by atoms with Gasteiger partial charge in [-0.3, -0.25) is 4.79 Å². The van der Waals surface area contributed by atoms with Gasteiger partial charge < -0.3 is 10.1 Å². The number of carbonyl (C=O) groups excluding carboxylic acids is 1. The summed E-state index contributed by atoms with van der Waals surface area (Å²) in [4.78, 5) is 12.6. The van der Waals surface area contributed by atoms with Crippen LogP contribution >= 0.6 is 0 Å². The molecule has 1 aromatic carbocycles. The van der Waals surface area contributed by atoms with Crippen molar-refractivity contribution in [2.75, 3.05) is 14.2 Å². The van der Waals surface area contributed by atoms with Gasteiger partial charge in [-0.05, 0) is 50.1 Å². The van der Waals surface area contributed by atoms with Crippen LogP contribution in [0, 0.1) is 5.92 Å². The first-order chi connectivity index (χ1) is 9.26. The lowest BCUT2D eigenvalue weighted by molar-refractivity contribution is 0.0893. The second kappa shape index (κ2) is 6.71. The summed E-state index contributed by atoms with van der Waals surface area (Å²) in [6.07, 6.45) is 6.13. The van der Waals surface area contributed by atoms with Gasteiger partial charge in [-0.25, -0.2) is 0 Å². The minimum atomic E-state index is -0.0475. The fourth-order valence-electron chi connectivity index (χ4n) is 2.98. The summed E-state index contributed by atoms with van der Waals surface area (Å²) in [5, 5.41) is 3.22. The third-order valence-electron chi connectivity index (χ3n) is 4.09. The Hall–Kier alpha value is -1.35. The molecule has 3 heteroatoms. The van der Waals surface area contributed by atoms with Gasteiger partial charge in [0.05, 0.1) is 13.2 Å². The monoisotopic (exact) mass is 261 g/mol. The average Bonchev–Trinajstić information content (AvgIpc) is 2.49. The molecule has 104 valence electrons. The van der Waals surface area contributed by atoms with E-state index in [4.69, 9.17) is 4.74 Å². The third kappa shape index (κ3) is 3.35. The molecule has 0 spiro atoms. The average molecular weight is 261 g/mol. The summed E-state index contributed by atoms with van der Waals surface area (Å²) in [5.74, 6) is 1.47. The van der Waals surface area contributed by atoms with Crippen LogP contribution in [0.4, 0.5) is 0 Å². The molecule has 2 rings (SSSR count). The van der Waals surface area contributed by atoms with Crippen molar-refractivity contribution >= 4 is 5.78 Å². The summed E-state index contributed by atoms with van der Waals surface area (Å²) in [7, 11) is 3.52. The van der Waals surface area contributed by atoms with Crippen molar-refractivity contribution in [2.24, 2.45) is 5.92 Å². The van der Waals surface area contributed by atoms with Gasteiger partial charge in [0.15, 0.2) is 5.78 Å². The second-order valence-corrected chi connectivity index (χ2v) is 5.26. The molecule has 1 N–H and O–H groups in total. The number of benzene rings is 1. The van der Waals surface area contributed by atoms with Crippen molar-refractivity contribution in [1.29, 1.82) is 0 Å². The Morgan fingerprint density at radius 3 is 2.37 bits per heavy atom. The van der Waals surface area contributed by atoms with Crippen LogP contribution in [0.25, 0.3) is 0 Å². The first-order valence-electron chi connectivity index (χ1n) is 7.12. The number of methoxy groups -OCH3 is 1. The van der Waals surface area contributed by atoms with E-state index in [0.29, 0.717) is 5.92 Å². The molecular formula is C16H23NO2. The molecular weight excluding hydrogens is 238 g/mol. The highest BCUT2D eigenvalue weighted by Gasteiger charge is 2.28. The van der Waals surface area contributed by atoms with Crippen LogP contribution in [0.15, 0.2) is 24.3 Å². The van der Waals surface area contributed by atoms with Crippen LogP contribution < -0.4 is 10.1 Å². The van der Waals surface area contributed by atoms with Gasteiger partial charge in [0.1, 0.15) is 5.75 Å². The zero-order valence-electron chi connectivity index (χ0n) is 11.8. The fraction of sp³-hybridized carbons (Fsp3) is 0.562. The molecule has 0 radical (unpaired) electrons. The van der Waals surface area contributed by atoms with Crippen LogP contribution in [0.3, 0.4) is 0 Å². The molecule has 1 atom stereocenters. The highest BCUT2D eigenvalue weighted by molar-refractivity contribution is 6.00. The van der Waals surface area contributed by atoms with Crippen molar-refractivity contribution in [3.63, 3.8) is 0 Å². The van der Waals surface area contributed by atoms with Crippen molar-refractivity contribution in [1.82, 2.24) is 5.32 Å². The summed E-state index contributed by atoms with van der Waals surface area (Å²) in [6, 6.07) is 7.36.